The van der Waals surface area contributed by atoms with Gasteiger partial charge in [0.2, 0.25) is 5.82 Å². The fraction of sp³-hybridized carbons (Fsp3) is 0.548. The van der Waals surface area contributed by atoms with Gasteiger partial charge in [-0.15, -0.1) is 0 Å². The zero-order chi connectivity index (χ0) is 25.5. The Kier molecular flexibility index (Phi) is 9.50. The molecule has 0 radical (unpaired) electrons. The van der Waals surface area contributed by atoms with Gasteiger partial charge in [-0.25, -0.2) is 13.2 Å². The first-order chi connectivity index (χ1) is 17.5. The van der Waals surface area contributed by atoms with Crippen LogP contribution in [0.15, 0.2) is 42.5 Å². The maximum Gasteiger partial charge on any atom is 0.200 e. The standard InChI is InChI=1S/C31H38F4O/c1-2-36-29-18-17-26(30(34)31(29)35)15-13-25-14-16-27(20-28(25)33)24-11-9-23(10-12-24)22-7-5-21(6-8-22)4-3-19-32/h3-4,14,16-18,20-24H,2,5-13,15,19H2,1H3/b4-3+. The molecule has 4 rings (SSSR count). The topological polar surface area (TPSA) is 9.23 Å². The molecule has 0 bridgehead atoms. The van der Waals surface area contributed by atoms with E-state index in [0.29, 0.717) is 23.8 Å². The zero-order valence-corrected chi connectivity index (χ0v) is 21.3. The summed E-state index contributed by atoms with van der Waals surface area (Å²) in [6.07, 6.45) is 13.6. The predicted octanol–water partition coefficient (Wildman–Crippen LogP) is 8.89. The van der Waals surface area contributed by atoms with Crippen LogP contribution in [0.25, 0.3) is 0 Å². The van der Waals surface area contributed by atoms with Crippen molar-refractivity contribution < 1.29 is 22.3 Å². The number of halogens is 4. The van der Waals surface area contributed by atoms with Crippen LogP contribution >= 0.6 is 0 Å². The van der Waals surface area contributed by atoms with Crippen molar-refractivity contribution in [2.75, 3.05) is 13.3 Å². The van der Waals surface area contributed by atoms with Crippen LogP contribution in [-0.2, 0) is 12.8 Å². The number of ether oxygens (including phenoxy) is 1. The van der Waals surface area contributed by atoms with Crippen molar-refractivity contribution in [1.82, 2.24) is 0 Å². The van der Waals surface area contributed by atoms with Crippen molar-refractivity contribution >= 4 is 0 Å². The summed E-state index contributed by atoms with van der Waals surface area (Å²) in [6, 6.07) is 8.43. The van der Waals surface area contributed by atoms with Crippen LogP contribution in [0.1, 0.15) is 80.9 Å². The maximum atomic E-state index is 14.9. The molecule has 2 aliphatic rings. The molecule has 0 aliphatic heterocycles. The number of aryl methyl sites for hydroxylation is 2. The molecule has 2 aromatic carbocycles. The summed E-state index contributed by atoms with van der Waals surface area (Å²) in [6.45, 7) is 1.61. The van der Waals surface area contributed by atoms with Gasteiger partial charge in [0.25, 0.3) is 0 Å². The average molecular weight is 503 g/mol. The van der Waals surface area contributed by atoms with Crippen molar-refractivity contribution in [2.24, 2.45) is 17.8 Å². The second-order valence-corrected chi connectivity index (χ2v) is 10.5. The van der Waals surface area contributed by atoms with Gasteiger partial charge >= 0.3 is 0 Å². The van der Waals surface area contributed by atoms with E-state index in [2.05, 4.69) is 6.08 Å². The smallest absolute Gasteiger partial charge is 0.200 e. The third-order valence-corrected chi connectivity index (χ3v) is 8.39. The van der Waals surface area contributed by atoms with E-state index in [9.17, 15) is 17.6 Å². The summed E-state index contributed by atoms with van der Waals surface area (Å²) < 4.78 is 60.9. The van der Waals surface area contributed by atoms with Gasteiger partial charge in [-0.1, -0.05) is 30.4 Å². The summed E-state index contributed by atoms with van der Waals surface area (Å²) >= 11 is 0. The molecular formula is C31H38F4O. The van der Waals surface area contributed by atoms with Gasteiger partial charge in [-0.2, -0.15) is 4.39 Å². The molecule has 196 valence electrons. The number of benzene rings is 2. The number of hydrogen-bond donors (Lipinski definition) is 0. The Bertz CT molecular complexity index is 1020. The van der Waals surface area contributed by atoms with E-state index in [4.69, 9.17) is 4.74 Å². The Balaban J connectivity index is 1.28. The highest BCUT2D eigenvalue weighted by atomic mass is 19.2. The predicted molar refractivity (Wildman–Crippen MR) is 137 cm³/mol. The minimum Gasteiger partial charge on any atom is -0.491 e. The van der Waals surface area contributed by atoms with Crippen molar-refractivity contribution in [1.29, 1.82) is 0 Å². The van der Waals surface area contributed by atoms with Crippen molar-refractivity contribution in [3.63, 3.8) is 0 Å². The van der Waals surface area contributed by atoms with Crippen LogP contribution in [0.5, 0.6) is 5.75 Å². The van der Waals surface area contributed by atoms with E-state index in [1.165, 1.54) is 50.7 Å². The quantitative estimate of drug-likeness (QED) is 0.246. The first-order valence-corrected chi connectivity index (χ1v) is 13.6. The Morgan fingerprint density at radius 2 is 1.44 bits per heavy atom. The molecule has 5 heteroatoms. The minimum absolute atomic E-state index is 0.0950. The minimum atomic E-state index is -0.984. The third-order valence-electron chi connectivity index (χ3n) is 8.39. The molecule has 36 heavy (non-hydrogen) atoms. The van der Waals surface area contributed by atoms with E-state index < -0.39 is 11.6 Å². The number of hydrogen-bond acceptors (Lipinski definition) is 1. The van der Waals surface area contributed by atoms with Gasteiger partial charge in [0.05, 0.1) is 6.61 Å². The van der Waals surface area contributed by atoms with Crippen LogP contribution in [0.4, 0.5) is 17.6 Å². The molecule has 2 aromatic rings. The van der Waals surface area contributed by atoms with Gasteiger partial charge in [0.15, 0.2) is 11.6 Å². The summed E-state index contributed by atoms with van der Waals surface area (Å²) in [5.74, 6) is 0.185. The molecule has 0 heterocycles. The van der Waals surface area contributed by atoms with Gasteiger partial charge in [0.1, 0.15) is 12.5 Å². The maximum absolute atomic E-state index is 14.9. The summed E-state index contributed by atoms with van der Waals surface area (Å²) in [7, 11) is 0. The highest BCUT2D eigenvalue weighted by Crippen LogP contribution is 2.44. The van der Waals surface area contributed by atoms with Crippen LogP contribution in [0, 0.1) is 35.2 Å². The second-order valence-electron chi connectivity index (χ2n) is 10.5. The average Bonchev–Trinajstić information content (AvgIpc) is 2.91. The molecule has 0 saturated heterocycles. The lowest BCUT2D eigenvalue weighted by Crippen LogP contribution is -2.25. The molecule has 0 N–H and O–H groups in total. The fourth-order valence-corrected chi connectivity index (χ4v) is 6.30. The monoisotopic (exact) mass is 502 g/mol. The van der Waals surface area contributed by atoms with E-state index in [-0.39, 0.29) is 36.8 Å². The van der Waals surface area contributed by atoms with Gasteiger partial charge in [0, 0.05) is 0 Å². The fourth-order valence-electron chi connectivity index (χ4n) is 6.30. The van der Waals surface area contributed by atoms with Crippen LogP contribution < -0.4 is 4.74 Å². The van der Waals surface area contributed by atoms with Crippen LogP contribution in [-0.4, -0.2) is 13.3 Å². The molecule has 0 spiro atoms. The largest absolute Gasteiger partial charge is 0.491 e. The highest BCUT2D eigenvalue weighted by molar-refractivity contribution is 5.33. The summed E-state index contributed by atoms with van der Waals surface area (Å²) in [5.41, 5.74) is 1.80. The van der Waals surface area contributed by atoms with Crippen molar-refractivity contribution in [2.45, 2.75) is 77.0 Å². The van der Waals surface area contributed by atoms with E-state index >= 15 is 0 Å². The first kappa shape index (κ1) is 26.8. The number of rotatable bonds is 9. The Hall–Kier alpha value is -2.30. The summed E-state index contributed by atoms with van der Waals surface area (Å²) in [5, 5.41) is 0. The molecule has 0 aromatic heterocycles. The molecule has 1 nitrogen and oxygen atoms in total. The highest BCUT2D eigenvalue weighted by Gasteiger charge is 2.31. The van der Waals surface area contributed by atoms with Gasteiger partial charge in [-0.3, -0.25) is 0 Å². The summed E-state index contributed by atoms with van der Waals surface area (Å²) in [4.78, 5) is 0. The Morgan fingerprint density at radius 3 is 2.08 bits per heavy atom. The SMILES string of the molecule is CCOc1ccc(CCc2ccc(C3CCC(C4CCC(/C=C/CF)CC4)CC3)cc2F)c(F)c1F. The molecule has 2 saturated carbocycles. The van der Waals surface area contributed by atoms with E-state index in [1.54, 1.807) is 19.1 Å². The lowest BCUT2D eigenvalue weighted by atomic mass is 9.68. The third kappa shape index (κ3) is 6.52. The molecular weight excluding hydrogens is 464 g/mol. The number of alkyl halides is 1. The van der Waals surface area contributed by atoms with Crippen molar-refractivity contribution in [3.8, 4) is 5.75 Å². The zero-order valence-electron chi connectivity index (χ0n) is 21.3. The van der Waals surface area contributed by atoms with Crippen LogP contribution in [0.2, 0.25) is 0 Å². The molecule has 0 amide bonds. The number of allylic oxidation sites excluding steroid dienone is 2. The lowest BCUT2D eigenvalue weighted by Gasteiger charge is -2.37. The van der Waals surface area contributed by atoms with E-state index in [1.807, 2.05) is 12.1 Å². The molecule has 0 atom stereocenters. The van der Waals surface area contributed by atoms with Gasteiger partial charge < -0.3 is 4.74 Å². The van der Waals surface area contributed by atoms with E-state index in [0.717, 1.165) is 30.2 Å². The molecule has 0 unspecified atom stereocenters. The molecule has 2 aliphatic carbocycles. The Labute approximate surface area is 212 Å². The Morgan fingerprint density at radius 1 is 0.806 bits per heavy atom. The first-order valence-electron chi connectivity index (χ1n) is 13.6. The molecule has 2 fully saturated rings. The lowest BCUT2D eigenvalue weighted by molar-refractivity contribution is 0.171. The van der Waals surface area contributed by atoms with Crippen molar-refractivity contribution in [3.05, 3.63) is 76.6 Å². The van der Waals surface area contributed by atoms with Gasteiger partial charge in [-0.05, 0) is 124 Å². The normalized spacial score (nSPS) is 24.8. The van der Waals surface area contributed by atoms with Crippen LogP contribution in [0.3, 0.4) is 0 Å². The second kappa shape index (κ2) is 12.8.